The Labute approximate surface area is 158 Å². The molecule has 0 aromatic carbocycles. The smallest absolute Gasteiger partial charge is 0.190 e. The maximum atomic E-state index is 6.70. The highest BCUT2D eigenvalue weighted by atomic mass is 79.9. The monoisotopic (exact) mass is 450 g/mol. The van der Waals surface area contributed by atoms with Gasteiger partial charge in [0.05, 0.1) is 5.60 Å². The summed E-state index contributed by atoms with van der Waals surface area (Å²) < 4.78 is 12.2. The van der Waals surface area contributed by atoms with E-state index in [-0.39, 0.29) is 8.83 Å². The van der Waals surface area contributed by atoms with E-state index in [4.69, 9.17) is 9.47 Å². The van der Waals surface area contributed by atoms with Crippen LogP contribution in [0.25, 0.3) is 0 Å². The lowest BCUT2D eigenvalue weighted by Gasteiger charge is -2.67. The molecule has 3 rings (SSSR count). The van der Waals surface area contributed by atoms with Crippen molar-refractivity contribution in [3.05, 3.63) is 0 Å². The van der Waals surface area contributed by atoms with Crippen molar-refractivity contribution in [2.45, 2.75) is 87.8 Å². The van der Waals surface area contributed by atoms with E-state index in [9.17, 15) is 0 Å². The molecule has 1 heterocycles. The number of ether oxygens (including phenoxy) is 2. The summed E-state index contributed by atoms with van der Waals surface area (Å²) in [4.78, 5) is 0. The maximum Gasteiger partial charge on any atom is 0.190 e. The number of rotatable bonds is 1. The summed E-state index contributed by atoms with van der Waals surface area (Å²) in [7, 11) is 1.75. The van der Waals surface area contributed by atoms with E-state index in [2.05, 4.69) is 66.5 Å². The highest BCUT2D eigenvalue weighted by molar-refractivity contribution is 9.25. The lowest BCUT2D eigenvalue weighted by Crippen LogP contribution is -2.68. The van der Waals surface area contributed by atoms with Crippen LogP contribution in [0.5, 0.6) is 0 Å². The Balaban J connectivity index is 2.02. The number of methoxy groups -OCH3 is 1. The van der Waals surface area contributed by atoms with E-state index < -0.39 is 5.79 Å². The summed E-state index contributed by atoms with van der Waals surface area (Å²) in [5.74, 6) is 0.675. The largest absolute Gasteiger partial charge is 0.351 e. The second-order valence-corrected chi connectivity index (χ2v) is 13.2. The normalized spacial score (nSPS) is 51.7. The minimum absolute atomic E-state index is 0.103. The van der Waals surface area contributed by atoms with Gasteiger partial charge in [-0.1, -0.05) is 59.1 Å². The van der Waals surface area contributed by atoms with Crippen LogP contribution in [0.4, 0.5) is 0 Å². The van der Waals surface area contributed by atoms with Crippen LogP contribution in [-0.4, -0.2) is 21.7 Å². The summed E-state index contributed by atoms with van der Waals surface area (Å²) >= 11 is 7.79. The Morgan fingerprint density at radius 1 is 0.957 bits per heavy atom. The zero-order valence-corrected chi connectivity index (χ0v) is 18.6. The first-order valence-corrected chi connectivity index (χ1v) is 10.6. The second-order valence-electron chi connectivity index (χ2n) is 9.46. The quantitative estimate of drug-likeness (QED) is 0.438. The predicted octanol–water partition coefficient (Wildman–Crippen LogP) is 6.26. The minimum atomic E-state index is -0.647. The standard InChI is InChI=1S/C19H32Br2O2/c1-15(2)9-7-10-16(3)13(15)8-11-17(4)14(16)12-19(20,21)18(5,22-6)23-17/h13-14H,7-12H2,1-6H3/t13-,14+,16-,17+,18-/m0/s1. The molecule has 2 nitrogen and oxygen atoms in total. The van der Waals surface area contributed by atoms with Crippen molar-refractivity contribution in [1.29, 1.82) is 0 Å². The van der Waals surface area contributed by atoms with Crippen LogP contribution >= 0.6 is 31.9 Å². The molecule has 5 atom stereocenters. The van der Waals surface area contributed by atoms with E-state index in [1.54, 1.807) is 7.11 Å². The molecule has 1 aliphatic heterocycles. The zero-order valence-electron chi connectivity index (χ0n) is 15.5. The molecule has 0 N–H and O–H groups in total. The first-order valence-electron chi connectivity index (χ1n) is 9.03. The van der Waals surface area contributed by atoms with Gasteiger partial charge in [0.25, 0.3) is 0 Å². The zero-order chi connectivity index (χ0) is 17.3. The van der Waals surface area contributed by atoms with E-state index in [0.29, 0.717) is 16.7 Å². The molecule has 0 unspecified atom stereocenters. The van der Waals surface area contributed by atoms with Gasteiger partial charge in [0.2, 0.25) is 0 Å². The Morgan fingerprint density at radius 3 is 2.22 bits per heavy atom. The minimum Gasteiger partial charge on any atom is -0.351 e. The molecule has 2 aliphatic carbocycles. The summed E-state index contributed by atoms with van der Waals surface area (Å²) in [5, 5.41) is 0. The summed E-state index contributed by atoms with van der Waals surface area (Å²) in [6, 6.07) is 0. The molecule has 3 fully saturated rings. The molecular weight excluding hydrogens is 420 g/mol. The Kier molecular flexibility index (Phi) is 4.41. The molecule has 0 spiro atoms. The molecule has 2 saturated carbocycles. The number of fused-ring (bicyclic) bond motifs is 3. The third kappa shape index (κ3) is 2.61. The first kappa shape index (κ1) is 18.7. The van der Waals surface area contributed by atoms with Gasteiger partial charge >= 0.3 is 0 Å². The third-order valence-electron chi connectivity index (χ3n) is 7.68. The van der Waals surface area contributed by atoms with Crippen LogP contribution in [0.15, 0.2) is 0 Å². The molecule has 4 heteroatoms. The van der Waals surface area contributed by atoms with E-state index in [0.717, 1.165) is 18.8 Å². The molecule has 134 valence electrons. The van der Waals surface area contributed by atoms with Gasteiger partial charge in [-0.2, -0.15) is 0 Å². The first-order chi connectivity index (χ1) is 10.4. The molecule has 23 heavy (non-hydrogen) atoms. The summed E-state index contributed by atoms with van der Waals surface area (Å²) in [6.07, 6.45) is 7.47. The highest BCUT2D eigenvalue weighted by Crippen LogP contribution is 2.68. The Bertz CT molecular complexity index is 492. The van der Waals surface area contributed by atoms with Crippen molar-refractivity contribution in [1.82, 2.24) is 0 Å². The fourth-order valence-corrected chi connectivity index (χ4v) is 7.46. The van der Waals surface area contributed by atoms with Crippen molar-refractivity contribution < 1.29 is 9.47 Å². The van der Waals surface area contributed by atoms with Crippen molar-refractivity contribution >= 4 is 31.9 Å². The molecule has 0 bridgehead atoms. The van der Waals surface area contributed by atoms with Crippen LogP contribution in [0.3, 0.4) is 0 Å². The number of hydrogen-bond acceptors (Lipinski definition) is 2. The van der Waals surface area contributed by atoms with Crippen molar-refractivity contribution in [3.63, 3.8) is 0 Å². The van der Waals surface area contributed by atoms with Crippen LogP contribution in [0.1, 0.15) is 73.1 Å². The van der Waals surface area contributed by atoms with Crippen molar-refractivity contribution in [2.24, 2.45) is 22.7 Å². The molecule has 0 radical (unpaired) electrons. The van der Waals surface area contributed by atoms with Crippen LogP contribution in [0.2, 0.25) is 0 Å². The molecule has 0 aromatic heterocycles. The van der Waals surface area contributed by atoms with E-state index in [1.165, 1.54) is 25.7 Å². The average molecular weight is 452 g/mol. The van der Waals surface area contributed by atoms with Gasteiger partial charge < -0.3 is 9.47 Å². The maximum absolute atomic E-state index is 6.70. The topological polar surface area (TPSA) is 18.5 Å². The Morgan fingerprint density at radius 2 is 1.61 bits per heavy atom. The lowest BCUT2D eigenvalue weighted by atomic mass is 9.44. The molecule has 0 aromatic rings. The molecule has 1 saturated heterocycles. The number of alkyl halides is 2. The lowest BCUT2D eigenvalue weighted by molar-refractivity contribution is -0.335. The number of halogens is 2. The van der Waals surface area contributed by atoms with Crippen molar-refractivity contribution in [3.8, 4) is 0 Å². The fourth-order valence-electron chi connectivity index (χ4n) is 6.33. The van der Waals surface area contributed by atoms with Crippen molar-refractivity contribution in [2.75, 3.05) is 7.11 Å². The van der Waals surface area contributed by atoms with Crippen LogP contribution in [0, 0.1) is 22.7 Å². The second kappa shape index (κ2) is 5.44. The van der Waals surface area contributed by atoms with Gasteiger partial charge in [-0.25, -0.2) is 0 Å². The molecule has 3 aliphatic rings. The van der Waals surface area contributed by atoms with E-state index >= 15 is 0 Å². The third-order valence-corrected chi connectivity index (χ3v) is 9.77. The highest BCUT2D eigenvalue weighted by Gasteiger charge is 2.66. The average Bonchev–Trinajstić information content (AvgIpc) is 2.41. The fraction of sp³-hybridized carbons (Fsp3) is 1.00. The van der Waals surface area contributed by atoms with Gasteiger partial charge in [-0.3, -0.25) is 0 Å². The van der Waals surface area contributed by atoms with Gasteiger partial charge in [0.1, 0.15) is 3.23 Å². The summed E-state index contributed by atoms with van der Waals surface area (Å²) in [6.45, 7) is 11.9. The van der Waals surface area contributed by atoms with Gasteiger partial charge in [0, 0.05) is 7.11 Å². The van der Waals surface area contributed by atoms with Gasteiger partial charge in [0.15, 0.2) is 5.79 Å². The number of hydrogen-bond donors (Lipinski definition) is 0. The molecule has 0 amide bonds. The molecular formula is C19H32Br2O2. The SMILES string of the molecule is CO[C@@]1(C)O[C@]2(C)CC[C@H]3C(C)(C)CCC[C@]3(C)[C@H]2CC1(Br)Br. The van der Waals surface area contributed by atoms with Crippen LogP contribution in [-0.2, 0) is 9.47 Å². The summed E-state index contributed by atoms with van der Waals surface area (Å²) in [5.41, 5.74) is 0.683. The van der Waals surface area contributed by atoms with Gasteiger partial charge in [-0.15, -0.1) is 0 Å². The van der Waals surface area contributed by atoms with Crippen LogP contribution < -0.4 is 0 Å². The van der Waals surface area contributed by atoms with Gasteiger partial charge in [-0.05, 0) is 68.6 Å². The van der Waals surface area contributed by atoms with E-state index in [1.807, 2.05) is 0 Å². The predicted molar refractivity (Wildman–Crippen MR) is 102 cm³/mol. The Hall–Kier alpha value is 0.880.